The van der Waals surface area contributed by atoms with Crippen LogP contribution in [0.4, 0.5) is 17.6 Å². The smallest absolute Gasteiger partial charge is 0.433 e. The van der Waals surface area contributed by atoms with Gasteiger partial charge in [0.2, 0.25) is 0 Å². The predicted molar refractivity (Wildman–Crippen MR) is 112 cm³/mol. The normalized spacial score (nSPS) is 11.7. The van der Waals surface area contributed by atoms with E-state index in [4.69, 9.17) is 16.3 Å². The van der Waals surface area contributed by atoms with Crippen LogP contribution in [-0.4, -0.2) is 17.1 Å². The van der Waals surface area contributed by atoms with Crippen LogP contribution in [0.25, 0.3) is 33.2 Å². The van der Waals surface area contributed by atoms with Gasteiger partial charge in [0.05, 0.1) is 17.6 Å². The number of hydrogen-bond donors (Lipinski definition) is 0. The van der Waals surface area contributed by atoms with Gasteiger partial charge in [-0.1, -0.05) is 41.9 Å². The van der Waals surface area contributed by atoms with Crippen LogP contribution in [0.3, 0.4) is 0 Å². The lowest BCUT2D eigenvalue weighted by Crippen LogP contribution is -2.07. The van der Waals surface area contributed by atoms with E-state index in [9.17, 15) is 17.6 Å². The van der Waals surface area contributed by atoms with Gasteiger partial charge < -0.3 is 4.74 Å². The quantitative estimate of drug-likeness (QED) is 0.315. The molecule has 2 aromatic carbocycles. The van der Waals surface area contributed by atoms with Crippen LogP contribution in [0.1, 0.15) is 11.4 Å². The summed E-state index contributed by atoms with van der Waals surface area (Å²) in [6.45, 7) is 1.80. The molecule has 4 rings (SSSR count). The van der Waals surface area contributed by atoms with Crippen molar-refractivity contribution in [3.63, 3.8) is 0 Å². The molecule has 0 atom stereocenters. The van der Waals surface area contributed by atoms with E-state index in [-0.39, 0.29) is 5.75 Å². The zero-order chi connectivity index (χ0) is 22.3. The number of aromatic nitrogens is 2. The Labute approximate surface area is 180 Å². The molecule has 2 aromatic heterocycles. The number of alkyl halides is 3. The summed E-state index contributed by atoms with van der Waals surface area (Å²) in [6, 6.07) is 12.2. The first kappa shape index (κ1) is 21.1. The number of ether oxygens (including phenoxy) is 1. The third-order valence-corrected chi connectivity index (χ3v) is 5.33. The number of halogens is 5. The lowest BCUT2D eigenvalue weighted by Gasteiger charge is -2.13. The van der Waals surface area contributed by atoms with E-state index in [2.05, 4.69) is 9.97 Å². The van der Waals surface area contributed by atoms with Crippen LogP contribution >= 0.6 is 11.6 Å². The van der Waals surface area contributed by atoms with Gasteiger partial charge in [0.15, 0.2) is 11.6 Å². The van der Waals surface area contributed by atoms with E-state index in [1.54, 1.807) is 31.2 Å². The first-order valence-electron chi connectivity index (χ1n) is 9.16. The van der Waals surface area contributed by atoms with Crippen LogP contribution in [-0.2, 0) is 6.18 Å². The standard InChI is InChI=1S/C23H15ClF4N2O/c1-12-21(22(24)16-9-17(25)19(31-2)10-18(16)30-12)14-5-3-13(4-6-14)15-7-8-20(29-11-15)23(26,27)28/h3-11H,1-2H3. The molecule has 0 aliphatic heterocycles. The Morgan fingerprint density at radius 2 is 1.58 bits per heavy atom. The molecule has 0 bridgehead atoms. The molecule has 158 valence electrons. The summed E-state index contributed by atoms with van der Waals surface area (Å²) in [4.78, 5) is 8.02. The molecular weight excluding hydrogens is 432 g/mol. The number of benzene rings is 2. The van der Waals surface area contributed by atoms with Gasteiger partial charge in [0, 0.05) is 34.5 Å². The summed E-state index contributed by atoms with van der Waals surface area (Å²) < 4.78 is 57.3. The van der Waals surface area contributed by atoms with Gasteiger partial charge in [-0.15, -0.1) is 0 Å². The Hall–Kier alpha value is -3.19. The largest absolute Gasteiger partial charge is 0.494 e. The van der Waals surface area contributed by atoms with Crippen molar-refractivity contribution in [2.24, 2.45) is 0 Å². The van der Waals surface area contributed by atoms with Gasteiger partial charge in [0.1, 0.15) is 5.69 Å². The van der Waals surface area contributed by atoms with E-state index in [1.807, 2.05) is 0 Å². The van der Waals surface area contributed by atoms with E-state index >= 15 is 0 Å². The zero-order valence-corrected chi connectivity index (χ0v) is 17.1. The number of fused-ring (bicyclic) bond motifs is 1. The SMILES string of the molecule is COc1cc2nc(C)c(-c3ccc(-c4ccc(C(F)(F)F)nc4)cc3)c(Cl)c2cc1F. The van der Waals surface area contributed by atoms with Crippen molar-refractivity contribution in [1.29, 1.82) is 0 Å². The highest BCUT2D eigenvalue weighted by atomic mass is 35.5. The summed E-state index contributed by atoms with van der Waals surface area (Å²) in [5.41, 5.74) is 2.86. The minimum absolute atomic E-state index is 0.0812. The summed E-state index contributed by atoms with van der Waals surface area (Å²) in [5.74, 6) is -0.462. The molecule has 2 heterocycles. The van der Waals surface area contributed by atoms with Gasteiger partial charge in [-0.25, -0.2) is 4.39 Å². The van der Waals surface area contributed by atoms with Crippen molar-refractivity contribution in [1.82, 2.24) is 9.97 Å². The van der Waals surface area contributed by atoms with Gasteiger partial charge in [-0.05, 0) is 30.2 Å². The van der Waals surface area contributed by atoms with Crippen molar-refractivity contribution >= 4 is 22.5 Å². The van der Waals surface area contributed by atoms with Crippen molar-refractivity contribution in [3.05, 3.63) is 77.0 Å². The maximum Gasteiger partial charge on any atom is 0.433 e. The second kappa shape index (κ2) is 7.81. The Kier molecular flexibility index (Phi) is 5.31. The summed E-state index contributed by atoms with van der Waals surface area (Å²) in [7, 11) is 1.38. The predicted octanol–water partition coefficient (Wildman–Crippen LogP) is 7.09. The molecule has 0 saturated heterocycles. The second-order valence-corrected chi connectivity index (χ2v) is 7.28. The molecule has 0 saturated carbocycles. The molecule has 0 amide bonds. The Balaban J connectivity index is 1.74. The molecule has 8 heteroatoms. The zero-order valence-electron chi connectivity index (χ0n) is 16.4. The Morgan fingerprint density at radius 1 is 0.935 bits per heavy atom. The number of rotatable bonds is 3. The highest BCUT2D eigenvalue weighted by Crippen LogP contribution is 2.38. The first-order valence-corrected chi connectivity index (χ1v) is 9.54. The lowest BCUT2D eigenvalue weighted by molar-refractivity contribution is -0.141. The molecule has 0 unspecified atom stereocenters. The van der Waals surface area contributed by atoms with E-state index in [1.165, 1.54) is 31.5 Å². The number of nitrogens with zero attached hydrogens (tertiary/aromatic N) is 2. The van der Waals surface area contributed by atoms with Gasteiger partial charge in [-0.3, -0.25) is 9.97 Å². The van der Waals surface area contributed by atoms with Gasteiger partial charge >= 0.3 is 6.18 Å². The van der Waals surface area contributed by atoms with Gasteiger partial charge in [-0.2, -0.15) is 13.2 Å². The van der Waals surface area contributed by atoms with Crippen LogP contribution in [0.15, 0.2) is 54.7 Å². The molecule has 0 fully saturated rings. The maximum atomic E-state index is 14.2. The average Bonchev–Trinajstić information content (AvgIpc) is 2.74. The van der Waals surface area contributed by atoms with E-state index in [0.29, 0.717) is 38.3 Å². The average molecular weight is 447 g/mol. The monoisotopic (exact) mass is 446 g/mol. The molecule has 0 aliphatic carbocycles. The molecule has 0 radical (unpaired) electrons. The Bertz CT molecular complexity index is 1270. The summed E-state index contributed by atoms with van der Waals surface area (Å²) in [5, 5.41) is 0.810. The lowest BCUT2D eigenvalue weighted by atomic mass is 9.98. The van der Waals surface area contributed by atoms with E-state index < -0.39 is 17.7 Å². The Morgan fingerprint density at radius 3 is 2.16 bits per heavy atom. The molecule has 3 nitrogen and oxygen atoms in total. The third-order valence-electron chi connectivity index (χ3n) is 4.94. The maximum absolute atomic E-state index is 14.2. The van der Waals surface area contributed by atoms with Crippen molar-refractivity contribution in [2.75, 3.05) is 7.11 Å². The molecule has 0 N–H and O–H groups in total. The number of pyridine rings is 2. The van der Waals surface area contributed by atoms with Crippen molar-refractivity contribution < 1.29 is 22.3 Å². The minimum atomic E-state index is -4.48. The number of aryl methyl sites for hydroxylation is 1. The fourth-order valence-corrected chi connectivity index (χ4v) is 3.79. The fraction of sp³-hybridized carbons (Fsp3) is 0.130. The first-order chi connectivity index (χ1) is 14.7. The summed E-state index contributed by atoms with van der Waals surface area (Å²) >= 11 is 6.60. The highest BCUT2D eigenvalue weighted by molar-refractivity contribution is 6.38. The molecule has 31 heavy (non-hydrogen) atoms. The molecular formula is C23H15ClF4N2O. The number of methoxy groups -OCH3 is 1. The minimum Gasteiger partial charge on any atom is -0.494 e. The molecule has 0 spiro atoms. The molecule has 0 aliphatic rings. The van der Waals surface area contributed by atoms with Crippen molar-refractivity contribution in [2.45, 2.75) is 13.1 Å². The van der Waals surface area contributed by atoms with E-state index in [0.717, 1.165) is 11.6 Å². The van der Waals surface area contributed by atoms with Crippen LogP contribution in [0.2, 0.25) is 5.02 Å². The second-order valence-electron chi connectivity index (χ2n) is 6.90. The van der Waals surface area contributed by atoms with Crippen LogP contribution in [0.5, 0.6) is 5.75 Å². The third kappa shape index (κ3) is 3.93. The number of hydrogen-bond acceptors (Lipinski definition) is 3. The molecule has 4 aromatic rings. The topological polar surface area (TPSA) is 35.0 Å². The fourth-order valence-electron chi connectivity index (χ4n) is 3.39. The highest BCUT2D eigenvalue weighted by Gasteiger charge is 2.32. The van der Waals surface area contributed by atoms with Crippen LogP contribution < -0.4 is 4.74 Å². The van der Waals surface area contributed by atoms with Gasteiger partial charge in [0.25, 0.3) is 0 Å². The van der Waals surface area contributed by atoms with Crippen LogP contribution in [0, 0.1) is 12.7 Å². The summed E-state index contributed by atoms with van der Waals surface area (Å²) in [6.07, 6.45) is -3.30. The van der Waals surface area contributed by atoms with Crippen molar-refractivity contribution in [3.8, 4) is 28.0 Å².